The van der Waals surface area contributed by atoms with Gasteiger partial charge in [-0.2, -0.15) is 0 Å². The molecule has 2 N–H and O–H groups in total. The fraction of sp³-hybridized carbons (Fsp3) is 0.400. The van der Waals surface area contributed by atoms with Crippen molar-refractivity contribution >= 4 is 41.5 Å². The van der Waals surface area contributed by atoms with Gasteiger partial charge < -0.3 is 10.6 Å². The lowest BCUT2D eigenvalue weighted by atomic mass is 9.81. The number of fused-ring (bicyclic) bond motifs is 1. The van der Waals surface area contributed by atoms with Crippen molar-refractivity contribution in [2.75, 3.05) is 19.6 Å². The average molecular weight is 437 g/mol. The molecule has 1 fully saturated rings. The Morgan fingerprint density at radius 1 is 1.24 bits per heavy atom. The van der Waals surface area contributed by atoms with Crippen molar-refractivity contribution in [1.29, 1.82) is 0 Å². The van der Waals surface area contributed by atoms with E-state index in [1.54, 1.807) is 10.9 Å². The third kappa shape index (κ3) is 4.69. The number of rotatable bonds is 4. The normalized spacial score (nSPS) is 15.2. The number of halogens is 2. The van der Waals surface area contributed by atoms with Crippen LogP contribution >= 0.6 is 24.8 Å². The molecule has 1 aromatic carbocycles. The van der Waals surface area contributed by atoms with Crippen LogP contribution in [0.25, 0.3) is 16.5 Å². The molecule has 1 aliphatic rings. The number of benzene rings is 1. The summed E-state index contributed by atoms with van der Waals surface area (Å²) in [6.07, 6.45) is 5.69. The summed E-state index contributed by atoms with van der Waals surface area (Å²) in [4.78, 5) is 16.9. The monoisotopic (exact) mass is 436 g/mol. The highest BCUT2D eigenvalue weighted by molar-refractivity contribution is 5.94. The number of nitrogens with zero attached hydrogens (tertiary/aromatic N) is 4. The summed E-state index contributed by atoms with van der Waals surface area (Å²) in [7, 11) is 0. The van der Waals surface area contributed by atoms with Gasteiger partial charge in [-0.05, 0) is 50.4 Å². The van der Waals surface area contributed by atoms with E-state index in [4.69, 9.17) is 0 Å². The summed E-state index contributed by atoms with van der Waals surface area (Å²) < 4.78 is 1.73. The van der Waals surface area contributed by atoms with Crippen LogP contribution < -0.4 is 10.6 Å². The number of amides is 1. The lowest BCUT2D eigenvalue weighted by molar-refractivity contribution is 0.0916. The molecule has 9 heteroatoms. The number of piperidine rings is 1. The molecule has 4 rings (SSSR count). The van der Waals surface area contributed by atoms with E-state index in [0.717, 1.165) is 48.1 Å². The van der Waals surface area contributed by atoms with E-state index in [0.29, 0.717) is 12.2 Å². The number of hydrogen-bond donors (Lipinski definition) is 2. The molecule has 0 saturated carbocycles. The Kier molecular flexibility index (Phi) is 7.57. The van der Waals surface area contributed by atoms with E-state index in [2.05, 4.69) is 32.9 Å². The van der Waals surface area contributed by atoms with Crippen molar-refractivity contribution in [2.24, 2.45) is 5.41 Å². The van der Waals surface area contributed by atoms with Crippen molar-refractivity contribution in [3.8, 4) is 5.69 Å². The first-order valence-corrected chi connectivity index (χ1v) is 9.32. The van der Waals surface area contributed by atoms with E-state index >= 15 is 0 Å². The summed E-state index contributed by atoms with van der Waals surface area (Å²) in [5, 5.41) is 16.9. The fourth-order valence-corrected chi connectivity index (χ4v) is 3.64. The maximum Gasteiger partial charge on any atom is 0.273 e. The molecule has 1 aliphatic heterocycles. The Balaban J connectivity index is 0.00000150. The molecule has 1 saturated heterocycles. The first kappa shape index (κ1) is 23.1. The van der Waals surface area contributed by atoms with Crippen LogP contribution in [0.5, 0.6) is 0 Å². The number of carbonyl (C=O) groups excluding carboxylic acids is 1. The van der Waals surface area contributed by atoms with Gasteiger partial charge in [0.25, 0.3) is 5.91 Å². The molecule has 0 spiro atoms. The first-order chi connectivity index (χ1) is 13.1. The molecule has 0 atom stereocenters. The van der Waals surface area contributed by atoms with Gasteiger partial charge in [0, 0.05) is 29.7 Å². The maximum atomic E-state index is 12.7. The van der Waals surface area contributed by atoms with Crippen molar-refractivity contribution in [3.05, 3.63) is 48.0 Å². The SMILES string of the molecule is Cc1c(C(=O)NCC2(C)CCNCC2)nnn1-c1cccc2cnccc12.Cl.Cl. The van der Waals surface area contributed by atoms with Crippen LogP contribution in [0.2, 0.25) is 0 Å². The highest BCUT2D eigenvalue weighted by Gasteiger charge is 2.28. The van der Waals surface area contributed by atoms with Crippen LogP contribution in [0.1, 0.15) is 35.9 Å². The van der Waals surface area contributed by atoms with Crippen molar-refractivity contribution < 1.29 is 4.79 Å². The van der Waals surface area contributed by atoms with Crippen LogP contribution in [-0.2, 0) is 0 Å². The number of aromatic nitrogens is 4. The molecule has 2 aromatic heterocycles. The smallest absolute Gasteiger partial charge is 0.273 e. The standard InChI is InChI=1S/C20H24N6O.2ClH/c1-14-18(19(27)23-13-20(2)7-10-21-11-8-20)24-25-26(14)17-5-3-4-15-12-22-9-6-16(15)17;;/h3-6,9,12,21H,7-8,10-11,13H2,1-2H3,(H,23,27);2*1H. The topological polar surface area (TPSA) is 84.7 Å². The van der Waals surface area contributed by atoms with Crippen molar-refractivity contribution in [3.63, 3.8) is 0 Å². The zero-order chi connectivity index (χ0) is 18.9. The lowest BCUT2D eigenvalue weighted by Crippen LogP contribution is -2.43. The van der Waals surface area contributed by atoms with Gasteiger partial charge in [-0.25, -0.2) is 4.68 Å². The largest absolute Gasteiger partial charge is 0.350 e. The molecule has 0 aliphatic carbocycles. The van der Waals surface area contributed by atoms with Gasteiger partial charge in [0.15, 0.2) is 5.69 Å². The molecular weight excluding hydrogens is 411 g/mol. The minimum absolute atomic E-state index is 0. The quantitative estimate of drug-likeness (QED) is 0.656. The van der Waals surface area contributed by atoms with Gasteiger partial charge in [-0.15, -0.1) is 29.9 Å². The fourth-order valence-electron chi connectivity index (χ4n) is 3.64. The molecule has 3 heterocycles. The minimum Gasteiger partial charge on any atom is -0.350 e. The molecule has 0 radical (unpaired) electrons. The molecule has 0 bridgehead atoms. The molecule has 3 aromatic rings. The van der Waals surface area contributed by atoms with E-state index in [-0.39, 0.29) is 36.1 Å². The average Bonchev–Trinajstić information content (AvgIpc) is 3.07. The van der Waals surface area contributed by atoms with Gasteiger partial charge in [-0.3, -0.25) is 9.78 Å². The second kappa shape index (κ2) is 9.52. The van der Waals surface area contributed by atoms with Crippen LogP contribution in [0, 0.1) is 12.3 Å². The summed E-state index contributed by atoms with van der Waals surface area (Å²) >= 11 is 0. The van der Waals surface area contributed by atoms with Crippen LogP contribution in [0.15, 0.2) is 36.7 Å². The van der Waals surface area contributed by atoms with Gasteiger partial charge >= 0.3 is 0 Å². The minimum atomic E-state index is -0.166. The van der Waals surface area contributed by atoms with Gasteiger partial charge in [0.2, 0.25) is 0 Å². The molecule has 7 nitrogen and oxygen atoms in total. The van der Waals surface area contributed by atoms with Crippen LogP contribution in [0.3, 0.4) is 0 Å². The van der Waals surface area contributed by atoms with Crippen LogP contribution in [-0.4, -0.2) is 45.5 Å². The second-order valence-corrected chi connectivity index (χ2v) is 7.55. The Morgan fingerprint density at radius 3 is 2.76 bits per heavy atom. The molecule has 1 amide bonds. The van der Waals surface area contributed by atoms with Gasteiger partial charge in [0.1, 0.15) is 0 Å². The lowest BCUT2D eigenvalue weighted by Gasteiger charge is -2.34. The zero-order valence-electron chi connectivity index (χ0n) is 16.5. The van der Waals surface area contributed by atoms with E-state index in [1.165, 1.54) is 0 Å². The van der Waals surface area contributed by atoms with Crippen LogP contribution in [0.4, 0.5) is 0 Å². The summed E-state index contributed by atoms with van der Waals surface area (Å²) in [6.45, 7) is 6.75. The van der Waals surface area contributed by atoms with Crippen molar-refractivity contribution in [1.82, 2.24) is 30.6 Å². The molecule has 29 heavy (non-hydrogen) atoms. The third-order valence-corrected chi connectivity index (χ3v) is 5.48. The Bertz CT molecular complexity index is 979. The summed E-state index contributed by atoms with van der Waals surface area (Å²) in [6, 6.07) is 7.88. The van der Waals surface area contributed by atoms with Crippen molar-refractivity contribution in [2.45, 2.75) is 26.7 Å². The van der Waals surface area contributed by atoms with Gasteiger partial charge in [0.05, 0.1) is 11.4 Å². The second-order valence-electron chi connectivity index (χ2n) is 7.55. The van der Waals surface area contributed by atoms with Gasteiger partial charge in [-0.1, -0.05) is 24.3 Å². The first-order valence-electron chi connectivity index (χ1n) is 9.32. The maximum absolute atomic E-state index is 12.7. The number of hydrogen-bond acceptors (Lipinski definition) is 5. The predicted molar refractivity (Wildman–Crippen MR) is 118 cm³/mol. The Labute approximate surface area is 182 Å². The van der Waals surface area contributed by atoms with E-state index < -0.39 is 0 Å². The number of pyridine rings is 1. The Morgan fingerprint density at radius 2 is 2.00 bits per heavy atom. The molecular formula is C20H26Cl2N6O. The van der Waals surface area contributed by atoms with E-state index in [1.807, 2.05) is 37.4 Å². The highest BCUT2D eigenvalue weighted by atomic mass is 35.5. The number of carbonyl (C=O) groups is 1. The zero-order valence-corrected chi connectivity index (χ0v) is 18.1. The summed E-state index contributed by atoms with van der Waals surface area (Å²) in [5.41, 5.74) is 2.13. The Hall–Kier alpha value is -2.22. The summed E-state index contributed by atoms with van der Waals surface area (Å²) in [5.74, 6) is -0.166. The molecule has 0 unspecified atom stereocenters. The highest BCUT2D eigenvalue weighted by Crippen LogP contribution is 2.27. The van der Waals surface area contributed by atoms with E-state index in [9.17, 15) is 4.79 Å². The predicted octanol–water partition coefficient (Wildman–Crippen LogP) is 3.09. The third-order valence-electron chi connectivity index (χ3n) is 5.48. The molecule has 156 valence electrons. The number of nitrogens with one attached hydrogen (secondary N) is 2.